The van der Waals surface area contributed by atoms with Gasteiger partial charge in [-0.1, -0.05) is 24.9 Å². The summed E-state index contributed by atoms with van der Waals surface area (Å²) < 4.78 is 23.4. The summed E-state index contributed by atoms with van der Waals surface area (Å²) in [7, 11) is 0. The molecule has 0 aliphatic heterocycles. The van der Waals surface area contributed by atoms with Crippen LogP contribution in [0.4, 0.5) is 10.1 Å². The van der Waals surface area contributed by atoms with Crippen LogP contribution in [0.3, 0.4) is 0 Å². The van der Waals surface area contributed by atoms with Gasteiger partial charge in [0.25, 0.3) is 0 Å². The van der Waals surface area contributed by atoms with E-state index in [0.29, 0.717) is 6.61 Å². The molecule has 0 spiro atoms. The van der Waals surface area contributed by atoms with Crippen molar-refractivity contribution in [3.8, 4) is 5.75 Å². The van der Waals surface area contributed by atoms with E-state index < -0.39 is 17.9 Å². The maximum absolute atomic E-state index is 13.1. The van der Waals surface area contributed by atoms with Gasteiger partial charge in [0, 0.05) is 6.07 Å². The van der Waals surface area contributed by atoms with Crippen LogP contribution in [0.15, 0.2) is 12.1 Å². The third kappa shape index (κ3) is 4.59. The van der Waals surface area contributed by atoms with Crippen molar-refractivity contribution in [1.82, 2.24) is 0 Å². The molecule has 0 aliphatic rings. The Hall–Kier alpha value is -1.49. The number of nitrogen functional groups attached to an aromatic ring is 1. The van der Waals surface area contributed by atoms with Gasteiger partial charge in [0.2, 0.25) is 0 Å². The summed E-state index contributed by atoms with van der Waals surface area (Å²) in [6.07, 6.45) is 0.894. The number of hydrogen-bond acceptors (Lipinski definition) is 4. The predicted molar refractivity (Wildman–Crippen MR) is 71.8 cm³/mol. The van der Waals surface area contributed by atoms with E-state index in [-0.39, 0.29) is 16.5 Å². The van der Waals surface area contributed by atoms with E-state index in [2.05, 4.69) is 0 Å². The molecule has 6 heteroatoms. The van der Waals surface area contributed by atoms with Crippen LogP contribution in [0.2, 0.25) is 5.02 Å². The van der Waals surface area contributed by atoms with Gasteiger partial charge in [0.1, 0.15) is 11.6 Å². The fraction of sp³-hybridized carbons (Fsp3) is 0.462. The Balaban J connectivity index is 2.63. The van der Waals surface area contributed by atoms with Crippen LogP contribution in [0.1, 0.15) is 26.7 Å². The van der Waals surface area contributed by atoms with Crippen molar-refractivity contribution < 1.29 is 18.7 Å². The highest BCUT2D eigenvalue weighted by Crippen LogP contribution is 2.29. The second-order valence-electron chi connectivity index (χ2n) is 4.09. The number of halogens is 2. The Labute approximate surface area is 116 Å². The number of rotatable bonds is 6. The van der Waals surface area contributed by atoms with E-state index in [4.69, 9.17) is 26.8 Å². The maximum atomic E-state index is 13.1. The van der Waals surface area contributed by atoms with Crippen LogP contribution < -0.4 is 10.5 Å². The molecule has 19 heavy (non-hydrogen) atoms. The van der Waals surface area contributed by atoms with Gasteiger partial charge in [-0.05, 0) is 19.4 Å². The van der Waals surface area contributed by atoms with Gasteiger partial charge in [0.15, 0.2) is 6.10 Å². The van der Waals surface area contributed by atoms with Crippen molar-refractivity contribution in [2.75, 3.05) is 12.3 Å². The molecule has 0 aromatic heterocycles. The van der Waals surface area contributed by atoms with E-state index in [0.717, 1.165) is 18.9 Å². The van der Waals surface area contributed by atoms with Crippen molar-refractivity contribution in [2.45, 2.75) is 32.8 Å². The van der Waals surface area contributed by atoms with Crippen LogP contribution in [-0.2, 0) is 9.53 Å². The molecular weight excluding hydrogens is 273 g/mol. The zero-order valence-corrected chi connectivity index (χ0v) is 11.7. The van der Waals surface area contributed by atoms with Crippen molar-refractivity contribution in [2.24, 2.45) is 0 Å². The highest BCUT2D eigenvalue weighted by Gasteiger charge is 2.18. The molecule has 0 fully saturated rings. The number of carbonyl (C=O) groups excluding carboxylic acids is 1. The van der Waals surface area contributed by atoms with Crippen molar-refractivity contribution in [3.05, 3.63) is 23.0 Å². The molecule has 0 aliphatic carbocycles. The van der Waals surface area contributed by atoms with E-state index >= 15 is 0 Å². The molecule has 0 saturated heterocycles. The second kappa shape index (κ2) is 7.19. The summed E-state index contributed by atoms with van der Waals surface area (Å²) in [6, 6.07) is 2.29. The van der Waals surface area contributed by atoms with Crippen molar-refractivity contribution in [3.63, 3.8) is 0 Å². The van der Waals surface area contributed by atoms with Gasteiger partial charge < -0.3 is 15.2 Å². The standard InChI is InChI=1S/C13H17ClFNO3/c1-3-4-5-18-13(17)8(2)19-12-7-11(16)10(15)6-9(12)14/h6-8H,3-5,16H2,1-2H3. The van der Waals surface area contributed by atoms with Gasteiger partial charge in [-0.2, -0.15) is 0 Å². The first-order valence-corrected chi connectivity index (χ1v) is 6.41. The number of anilines is 1. The van der Waals surface area contributed by atoms with Crippen LogP contribution in [0, 0.1) is 5.82 Å². The molecule has 0 radical (unpaired) electrons. The fourth-order valence-electron chi connectivity index (χ4n) is 1.31. The molecule has 0 saturated carbocycles. The molecule has 2 N–H and O–H groups in total. The van der Waals surface area contributed by atoms with Crippen LogP contribution in [-0.4, -0.2) is 18.7 Å². The summed E-state index contributed by atoms with van der Waals surface area (Å²) in [4.78, 5) is 11.6. The number of ether oxygens (including phenoxy) is 2. The summed E-state index contributed by atoms with van der Waals surface area (Å²) in [5, 5.41) is 0.0555. The highest BCUT2D eigenvalue weighted by molar-refractivity contribution is 6.32. The minimum atomic E-state index is -0.834. The Bertz CT molecular complexity index is 454. The molecular formula is C13H17ClFNO3. The van der Waals surface area contributed by atoms with Gasteiger partial charge in [-0.15, -0.1) is 0 Å². The molecule has 1 aromatic carbocycles. The van der Waals surface area contributed by atoms with Gasteiger partial charge in [-0.3, -0.25) is 0 Å². The third-order valence-corrected chi connectivity index (χ3v) is 2.72. The molecule has 106 valence electrons. The van der Waals surface area contributed by atoms with Crippen LogP contribution in [0.5, 0.6) is 5.75 Å². The first-order chi connectivity index (χ1) is 8.95. The lowest BCUT2D eigenvalue weighted by atomic mass is 10.3. The Morgan fingerprint density at radius 1 is 1.53 bits per heavy atom. The summed E-state index contributed by atoms with van der Waals surface area (Å²) in [5.41, 5.74) is 5.32. The number of nitrogens with two attached hydrogens (primary N) is 1. The molecule has 1 aromatic rings. The van der Waals surface area contributed by atoms with Gasteiger partial charge in [0.05, 0.1) is 17.3 Å². The molecule has 1 atom stereocenters. The SMILES string of the molecule is CCCCOC(=O)C(C)Oc1cc(N)c(F)cc1Cl. The number of unbranched alkanes of at least 4 members (excludes halogenated alkanes) is 1. The quantitative estimate of drug-likeness (QED) is 0.496. The van der Waals surface area contributed by atoms with Crippen LogP contribution >= 0.6 is 11.6 Å². The Kier molecular flexibility index (Phi) is 5.89. The molecule has 1 rings (SSSR count). The smallest absolute Gasteiger partial charge is 0.347 e. The second-order valence-corrected chi connectivity index (χ2v) is 4.49. The number of hydrogen-bond donors (Lipinski definition) is 1. The summed E-state index contributed by atoms with van der Waals surface area (Å²) in [6.45, 7) is 3.88. The topological polar surface area (TPSA) is 61.5 Å². The lowest BCUT2D eigenvalue weighted by molar-refractivity contribution is -0.151. The first-order valence-electron chi connectivity index (χ1n) is 6.03. The zero-order valence-electron chi connectivity index (χ0n) is 10.9. The zero-order chi connectivity index (χ0) is 14.4. The van der Waals surface area contributed by atoms with Crippen molar-refractivity contribution in [1.29, 1.82) is 0 Å². The maximum Gasteiger partial charge on any atom is 0.347 e. The Morgan fingerprint density at radius 3 is 2.84 bits per heavy atom. The number of carbonyl (C=O) groups is 1. The molecule has 0 amide bonds. The van der Waals surface area contributed by atoms with E-state index in [1.54, 1.807) is 0 Å². The van der Waals surface area contributed by atoms with Crippen molar-refractivity contribution >= 4 is 23.3 Å². The van der Waals surface area contributed by atoms with Crippen LogP contribution in [0.25, 0.3) is 0 Å². The fourth-order valence-corrected chi connectivity index (χ4v) is 1.50. The molecule has 0 heterocycles. The average molecular weight is 290 g/mol. The van der Waals surface area contributed by atoms with Gasteiger partial charge in [-0.25, -0.2) is 9.18 Å². The average Bonchev–Trinajstić information content (AvgIpc) is 2.36. The van der Waals surface area contributed by atoms with E-state index in [1.807, 2.05) is 6.92 Å². The minimum absolute atomic E-state index is 0.0555. The van der Waals surface area contributed by atoms with E-state index in [9.17, 15) is 9.18 Å². The molecule has 1 unspecified atom stereocenters. The van der Waals surface area contributed by atoms with Gasteiger partial charge >= 0.3 is 5.97 Å². The third-order valence-electron chi connectivity index (χ3n) is 2.43. The monoisotopic (exact) mass is 289 g/mol. The molecule has 0 bridgehead atoms. The normalized spacial score (nSPS) is 12.0. The molecule has 4 nitrogen and oxygen atoms in total. The van der Waals surface area contributed by atoms with E-state index in [1.165, 1.54) is 13.0 Å². The summed E-state index contributed by atoms with van der Waals surface area (Å²) >= 11 is 5.80. The lowest BCUT2D eigenvalue weighted by Gasteiger charge is -2.15. The largest absolute Gasteiger partial charge is 0.477 e. The minimum Gasteiger partial charge on any atom is -0.477 e. The first kappa shape index (κ1) is 15.6. The predicted octanol–water partition coefficient (Wildman–Crippen LogP) is 3.17. The Morgan fingerprint density at radius 2 is 2.21 bits per heavy atom. The number of esters is 1. The number of benzene rings is 1. The highest BCUT2D eigenvalue weighted by atomic mass is 35.5. The summed E-state index contributed by atoms with van der Waals surface area (Å²) in [5.74, 6) is -0.969. The lowest BCUT2D eigenvalue weighted by Crippen LogP contribution is -2.26.